The highest BCUT2D eigenvalue weighted by atomic mass is 35.5. The molecule has 0 bridgehead atoms. The minimum Gasteiger partial charge on any atom is -0.398 e. The maximum atomic E-state index is 11.3. The van der Waals surface area contributed by atoms with E-state index in [9.17, 15) is 8.42 Å². The summed E-state index contributed by atoms with van der Waals surface area (Å²) in [6, 6.07) is 2.71. The van der Waals surface area contributed by atoms with Crippen LogP contribution in [0, 0.1) is 6.92 Å². The summed E-state index contributed by atoms with van der Waals surface area (Å²) < 4.78 is 22.6. The molecule has 0 amide bonds. The van der Waals surface area contributed by atoms with Gasteiger partial charge in [0, 0.05) is 5.02 Å². The Morgan fingerprint density at radius 3 is 2.57 bits per heavy atom. The van der Waals surface area contributed by atoms with Gasteiger partial charge < -0.3 is 10.8 Å². The highest BCUT2D eigenvalue weighted by Gasteiger charge is 2.17. The van der Waals surface area contributed by atoms with E-state index in [-0.39, 0.29) is 10.6 Å². The lowest BCUT2D eigenvalue weighted by molar-refractivity contribution is 0.358. The number of aliphatic hydroxyl groups excluding tert-OH is 1. The van der Waals surface area contributed by atoms with Crippen LogP contribution in [0.1, 0.15) is 5.56 Å². The molecule has 0 aromatic heterocycles. The zero-order valence-electron chi connectivity index (χ0n) is 7.49. The highest BCUT2D eigenvalue weighted by molar-refractivity contribution is 7.91. The first-order chi connectivity index (χ1) is 6.38. The van der Waals surface area contributed by atoms with E-state index in [4.69, 9.17) is 22.4 Å². The average Bonchev–Trinajstić information content (AvgIpc) is 2.11. The molecule has 14 heavy (non-hydrogen) atoms. The van der Waals surface area contributed by atoms with Gasteiger partial charge in [-0.05, 0) is 24.6 Å². The van der Waals surface area contributed by atoms with Crippen LogP contribution in [-0.4, -0.2) is 19.5 Å². The Hall–Kier alpha value is -0.780. The Labute approximate surface area is 87.2 Å². The van der Waals surface area contributed by atoms with Gasteiger partial charge in [0.05, 0.1) is 10.6 Å². The normalized spacial score (nSPS) is 11.6. The Balaban J connectivity index is 3.45. The van der Waals surface area contributed by atoms with Gasteiger partial charge in [0.1, 0.15) is 5.94 Å². The molecule has 0 aliphatic rings. The number of rotatable bonds is 2. The predicted molar refractivity (Wildman–Crippen MR) is 54.9 cm³/mol. The summed E-state index contributed by atoms with van der Waals surface area (Å²) in [5.74, 6) is -0.976. The molecule has 0 saturated heterocycles. The van der Waals surface area contributed by atoms with Crippen LogP contribution in [0.25, 0.3) is 0 Å². The molecule has 0 heterocycles. The van der Waals surface area contributed by atoms with Crippen molar-refractivity contribution in [3.8, 4) is 0 Å². The van der Waals surface area contributed by atoms with E-state index in [0.717, 1.165) is 0 Å². The average molecular weight is 236 g/mol. The topological polar surface area (TPSA) is 80.4 Å². The van der Waals surface area contributed by atoms with Gasteiger partial charge in [-0.25, -0.2) is 8.42 Å². The summed E-state index contributed by atoms with van der Waals surface area (Å²) in [6.07, 6.45) is 0. The van der Waals surface area contributed by atoms with Crippen LogP contribution in [-0.2, 0) is 9.84 Å². The molecule has 0 spiro atoms. The zero-order valence-corrected chi connectivity index (χ0v) is 9.06. The van der Waals surface area contributed by atoms with Crippen LogP contribution >= 0.6 is 11.6 Å². The standard InChI is InChI=1S/C8H10ClNO3S/c1-5-2-7(10)8(3-6(5)9)14(12,13)4-11/h2-3,11H,4,10H2,1H3. The number of nitrogen functional groups attached to an aromatic ring is 1. The summed E-state index contributed by atoms with van der Waals surface area (Å²) in [4.78, 5) is -0.129. The molecular weight excluding hydrogens is 226 g/mol. The van der Waals surface area contributed by atoms with Crippen molar-refractivity contribution < 1.29 is 13.5 Å². The summed E-state index contributed by atoms with van der Waals surface area (Å²) in [5.41, 5.74) is 6.30. The predicted octanol–water partition coefficient (Wildman–Crippen LogP) is 0.954. The Morgan fingerprint density at radius 1 is 1.50 bits per heavy atom. The molecule has 78 valence electrons. The molecular formula is C8H10ClNO3S. The lowest BCUT2D eigenvalue weighted by Gasteiger charge is -2.07. The molecule has 4 nitrogen and oxygen atoms in total. The number of hydrogen-bond donors (Lipinski definition) is 2. The lowest BCUT2D eigenvalue weighted by Crippen LogP contribution is -2.09. The minimum absolute atomic E-state index is 0.0981. The van der Waals surface area contributed by atoms with Gasteiger partial charge in [-0.2, -0.15) is 0 Å². The van der Waals surface area contributed by atoms with E-state index < -0.39 is 15.8 Å². The second-order valence-electron chi connectivity index (χ2n) is 2.88. The fourth-order valence-electron chi connectivity index (χ4n) is 1.02. The first-order valence-electron chi connectivity index (χ1n) is 3.77. The van der Waals surface area contributed by atoms with Crippen LogP contribution in [0.5, 0.6) is 0 Å². The van der Waals surface area contributed by atoms with Gasteiger partial charge in [0.2, 0.25) is 9.84 Å². The molecule has 0 fully saturated rings. The third kappa shape index (κ3) is 2.00. The van der Waals surface area contributed by atoms with Crippen molar-refractivity contribution in [2.45, 2.75) is 11.8 Å². The van der Waals surface area contributed by atoms with Crippen molar-refractivity contribution in [1.29, 1.82) is 0 Å². The third-order valence-corrected chi connectivity index (χ3v) is 3.57. The molecule has 0 unspecified atom stereocenters. The van der Waals surface area contributed by atoms with E-state index in [1.54, 1.807) is 6.92 Å². The van der Waals surface area contributed by atoms with Gasteiger partial charge >= 0.3 is 0 Å². The van der Waals surface area contributed by atoms with E-state index in [2.05, 4.69) is 0 Å². The fourth-order valence-corrected chi connectivity index (χ4v) is 2.11. The second kappa shape index (κ2) is 3.76. The molecule has 3 N–H and O–H groups in total. The number of hydrogen-bond acceptors (Lipinski definition) is 4. The van der Waals surface area contributed by atoms with Crippen molar-refractivity contribution in [3.63, 3.8) is 0 Å². The molecule has 1 rings (SSSR count). The molecule has 1 aromatic rings. The Kier molecular flexibility index (Phi) is 3.04. The van der Waals surface area contributed by atoms with Gasteiger partial charge in [0.15, 0.2) is 0 Å². The van der Waals surface area contributed by atoms with E-state index >= 15 is 0 Å². The van der Waals surface area contributed by atoms with Crippen LogP contribution in [0.2, 0.25) is 5.02 Å². The van der Waals surface area contributed by atoms with Crippen LogP contribution in [0.3, 0.4) is 0 Å². The number of anilines is 1. The van der Waals surface area contributed by atoms with Gasteiger partial charge in [-0.1, -0.05) is 11.6 Å². The van der Waals surface area contributed by atoms with Crippen molar-refractivity contribution in [1.82, 2.24) is 0 Å². The number of benzene rings is 1. The lowest BCUT2D eigenvalue weighted by atomic mass is 10.2. The minimum atomic E-state index is -3.72. The number of aryl methyl sites for hydroxylation is 1. The molecule has 0 aliphatic carbocycles. The van der Waals surface area contributed by atoms with Gasteiger partial charge in [-0.3, -0.25) is 0 Å². The molecule has 0 atom stereocenters. The fraction of sp³-hybridized carbons (Fsp3) is 0.250. The maximum absolute atomic E-state index is 11.3. The zero-order chi connectivity index (χ0) is 10.9. The van der Waals surface area contributed by atoms with E-state index in [1.807, 2.05) is 0 Å². The van der Waals surface area contributed by atoms with Gasteiger partial charge in [-0.15, -0.1) is 0 Å². The molecule has 1 aromatic carbocycles. The molecule has 0 radical (unpaired) electrons. The summed E-state index contributed by atoms with van der Waals surface area (Å²) in [7, 11) is -3.72. The molecule has 0 saturated carbocycles. The second-order valence-corrected chi connectivity index (χ2v) is 5.22. The third-order valence-electron chi connectivity index (χ3n) is 1.80. The quantitative estimate of drug-likeness (QED) is 0.748. The Bertz CT molecular complexity index is 456. The van der Waals surface area contributed by atoms with E-state index in [0.29, 0.717) is 10.6 Å². The van der Waals surface area contributed by atoms with Gasteiger partial charge in [0.25, 0.3) is 0 Å². The largest absolute Gasteiger partial charge is 0.398 e. The van der Waals surface area contributed by atoms with Crippen LogP contribution in [0.15, 0.2) is 17.0 Å². The Morgan fingerprint density at radius 2 is 2.07 bits per heavy atom. The van der Waals surface area contributed by atoms with Crippen LogP contribution < -0.4 is 5.73 Å². The van der Waals surface area contributed by atoms with Crippen molar-refractivity contribution in [2.24, 2.45) is 0 Å². The summed E-state index contributed by atoms with van der Waals surface area (Å²) in [5, 5.41) is 8.96. The SMILES string of the molecule is Cc1cc(N)c(S(=O)(=O)CO)cc1Cl. The van der Waals surface area contributed by atoms with Crippen molar-refractivity contribution >= 4 is 27.1 Å². The first kappa shape index (κ1) is 11.3. The highest BCUT2D eigenvalue weighted by Crippen LogP contribution is 2.26. The monoisotopic (exact) mass is 235 g/mol. The number of aliphatic hydroxyl groups is 1. The van der Waals surface area contributed by atoms with Crippen molar-refractivity contribution in [3.05, 3.63) is 22.7 Å². The number of nitrogens with two attached hydrogens (primary N) is 1. The summed E-state index contributed by atoms with van der Waals surface area (Å²) in [6.45, 7) is 1.72. The number of halogens is 1. The number of sulfone groups is 1. The van der Waals surface area contributed by atoms with Crippen molar-refractivity contribution in [2.75, 3.05) is 11.7 Å². The van der Waals surface area contributed by atoms with Crippen LogP contribution in [0.4, 0.5) is 5.69 Å². The van der Waals surface area contributed by atoms with E-state index in [1.165, 1.54) is 12.1 Å². The molecule has 0 aliphatic heterocycles. The first-order valence-corrected chi connectivity index (χ1v) is 5.80. The smallest absolute Gasteiger partial charge is 0.204 e. The summed E-state index contributed by atoms with van der Waals surface area (Å²) >= 11 is 5.75. The molecule has 6 heteroatoms. The maximum Gasteiger partial charge on any atom is 0.204 e.